The van der Waals surface area contributed by atoms with Crippen LogP contribution in [0.4, 0.5) is 11.5 Å². The Morgan fingerprint density at radius 3 is 2.45 bits per heavy atom. The van der Waals surface area contributed by atoms with Crippen molar-refractivity contribution in [3.8, 4) is 0 Å². The van der Waals surface area contributed by atoms with E-state index in [9.17, 15) is 0 Å². The molecule has 0 aliphatic carbocycles. The maximum absolute atomic E-state index is 5.76. The molecule has 0 radical (unpaired) electrons. The third-order valence-electron chi connectivity index (χ3n) is 3.76. The topological polar surface area (TPSA) is 50.9 Å². The van der Waals surface area contributed by atoms with Crippen LogP contribution < -0.4 is 11.1 Å². The van der Waals surface area contributed by atoms with Gasteiger partial charge < -0.3 is 11.1 Å². The van der Waals surface area contributed by atoms with Crippen molar-refractivity contribution in [2.45, 2.75) is 39.7 Å². The van der Waals surface area contributed by atoms with Gasteiger partial charge in [0, 0.05) is 6.54 Å². The Hall–Kier alpha value is -2.03. The van der Waals surface area contributed by atoms with Crippen molar-refractivity contribution in [2.75, 3.05) is 11.1 Å². The van der Waals surface area contributed by atoms with Crippen LogP contribution >= 0.6 is 0 Å². The highest BCUT2D eigenvalue weighted by Crippen LogP contribution is 2.19. The number of aromatic nitrogens is 1. The molecular weight excluding hydrogens is 246 g/mol. The molecule has 0 bridgehead atoms. The lowest BCUT2D eigenvalue weighted by Gasteiger charge is -2.11. The molecule has 0 saturated heterocycles. The first-order valence-corrected chi connectivity index (χ1v) is 7.16. The first kappa shape index (κ1) is 14.4. The largest absolute Gasteiger partial charge is 0.397 e. The normalized spacial score (nSPS) is 12.2. The van der Waals surface area contributed by atoms with Gasteiger partial charge >= 0.3 is 0 Å². The number of pyridine rings is 1. The summed E-state index contributed by atoms with van der Waals surface area (Å²) in [5.41, 5.74) is 10.0. The van der Waals surface area contributed by atoms with Crippen LogP contribution in [0.1, 0.15) is 43.0 Å². The number of aryl methyl sites for hydroxylation is 1. The Morgan fingerprint density at radius 1 is 1.15 bits per heavy atom. The Kier molecular flexibility index (Phi) is 4.61. The SMILES string of the molecule is CCC(C)c1ccc(CNc2ccc(N)c(C)n2)cc1. The quantitative estimate of drug-likeness (QED) is 0.859. The zero-order valence-electron chi connectivity index (χ0n) is 12.5. The van der Waals surface area contributed by atoms with E-state index in [1.54, 1.807) is 0 Å². The van der Waals surface area contributed by atoms with Gasteiger partial charge in [-0.2, -0.15) is 0 Å². The minimum atomic E-state index is 0.624. The molecule has 2 rings (SSSR count). The number of anilines is 2. The zero-order chi connectivity index (χ0) is 14.5. The average Bonchev–Trinajstić information content (AvgIpc) is 2.48. The van der Waals surface area contributed by atoms with Crippen LogP contribution in [0.3, 0.4) is 0 Å². The number of rotatable bonds is 5. The molecule has 3 nitrogen and oxygen atoms in total. The maximum atomic E-state index is 5.76. The molecule has 2 aromatic rings. The highest BCUT2D eigenvalue weighted by Gasteiger charge is 2.03. The zero-order valence-corrected chi connectivity index (χ0v) is 12.5. The fourth-order valence-electron chi connectivity index (χ4n) is 2.06. The molecule has 0 amide bonds. The molecule has 1 atom stereocenters. The van der Waals surface area contributed by atoms with Crippen LogP contribution in [0.15, 0.2) is 36.4 Å². The van der Waals surface area contributed by atoms with E-state index in [0.29, 0.717) is 5.92 Å². The van der Waals surface area contributed by atoms with Crippen molar-refractivity contribution >= 4 is 11.5 Å². The lowest BCUT2D eigenvalue weighted by Crippen LogP contribution is -2.03. The van der Waals surface area contributed by atoms with Crippen molar-refractivity contribution in [1.29, 1.82) is 0 Å². The fourth-order valence-corrected chi connectivity index (χ4v) is 2.06. The van der Waals surface area contributed by atoms with E-state index in [-0.39, 0.29) is 0 Å². The third-order valence-corrected chi connectivity index (χ3v) is 3.76. The Balaban J connectivity index is 1.98. The summed E-state index contributed by atoms with van der Waals surface area (Å²) >= 11 is 0. The minimum Gasteiger partial charge on any atom is -0.397 e. The number of hydrogen-bond donors (Lipinski definition) is 2. The number of nitrogens with zero attached hydrogens (tertiary/aromatic N) is 1. The monoisotopic (exact) mass is 269 g/mol. The van der Waals surface area contributed by atoms with E-state index >= 15 is 0 Å². The molecule has 3 N–H and O–H groups in total. The number of nitrogen functional groups attached to an aromatic ring is 1. The first-order chi connectivity index (χ1) is 9.60. The van der Waals surface area contributed by atoms with E-state index in [0.717, 1.165) is 23.7 Å². The summed E-state index contributed by atoms with van der Waals surface area (Å²) in [4.78, 5) is 4.41. The van der Waals surface area contributed by atoms with Crippen molar-refractivity contribution in [1.82, 2.24) is 4.98 Å². The van der Waals surface area contributed by atoms with Gasteiger partial charge in [-0.1, -0.05) is 38.1 Å². The van der Waals surface area contributed by atoms with Gasteiger partial charge in [-0.05, 0) is 42.5 Å². The predicted octanol–water partition coefficient (Wildman–Crippen LogP) is 4.10. The Morgan fingerprint density at radius 2 is 1.85 bits per heavy atom. The van der Waals surface area contributed by atoms with Crippen molar-refractivity contribution in [2.24, 2.45) is 0 Å². The Bertz CT molecular complexity index is 561. The molecule has 0 aliphatic rings. The van der Waals surface area contributed by atoms with E-state index < -0.39 is 0 Å². The second-order valence-electron chi connectivity index (χ2n) is 5.28. The van der Waals surface area contributed by atoms with Gasteiger partial charge in [0.2, 0.25) is 0 Å². The molecule has 106 valence electrons. The van der Waals surface area contributed by atoms with Crippen molar-refractivity contribution < 1.29 is 0 Å². The molecule has 0 spiro atoms. The van der Waals surface area contributed by atoms with Gasteiger partial charge in [-0.15, -0.1) is 0 Å². The summed E-state index contributed by atoms with van der Waals surface area (Å²) in [6.45, 7) is 7.17. The molecule has 0 aliphatic heterocycles. The van der Waals surface area contributed by atoms with Crippen LogP contribution in [0.2, 0.25) is 0 Å². The van der Waals surface area contributed by atoms with Gasteiger partial charge in [0.15, 0.2) is 0 Å². The summed E-state index contributed by atoms with van der Waals surface area (Å²) in [5.74, 6) is 1.49. The third kappa shape index (κ3) is 3.50. The Labute approximate surface area is 121 Å². The lowest BCUT2D eigenvalue weighted by molar-refractivity contribution is 0.733. The van der Waals surface area contributed by atoms with Gasteiger partial charge in [0.25, 0.3) is 0 Å². The molecular formula is C17H23N3. The molecule has 20 heavy (non-hydrogen) atoms. The van der Waals surface area contributed by atoms with Crippen molar-refractivity contribution in [3.05, 3.63) is 53.2 Å². The highest BCUT2D eigenvalue weighted by molar-refractivity contribution is 5.49. The number of hydrogen-bond acceptors (Lipinski definition) is 3. The smallest absolute Gasteiger partial charge is 0.126 e. The second-order valence-corrected chi connectivity index (χ2v) is 5.28. The number of nitrogens with two attached hydrogens (primary N) is 1. The van der Waals surface area contributed by atoms with E-state index in [1.807, 2.05) is 19.1 Å². The number of nitrogens with one attached hydrogen (secondary N) is 1. The van der Waals surface area contributed by atoms with Crippen LogP contribution in [-0.4, -0.2) is 4.98 Å². The van der Waals surface area contributed by atoms with Gasteiger partial charge in [0.05, 0.1) is 11.4 Å². The van der Waals surface area contributed by atoms with Crippen LogP contribution in [-0.2, 0) is 6.54 Å². The summed E-state index contributed by atoms with van der Waals surface area (Å²) < 4.78 is 0. The van der Waals surface area contributed by atoms with Crippen molar-refractivity contribution in [3.63, 3.8) is 0 Å². The highest BCUT2D eigenvalue weighted by atomic mass is 15.0. The van der Waals surface area contributed by atoms with E-state index in [4.69, 9.17) is 5.73 Å². The molecule has 1 heterocycles. The summed E-state index contributed by atoms with van der Waals surface area (Å²) in [6.07, 6.45) is 1.17. The summed E-state index contributed by atoms with van der Waals surface area (Å²) in [5, 5.41) is 3.32. The predicted molar refractivity (Wildman–Crippen MR) is 85.9 cm³/mol. The molecule has 1 unspecified atom stereocenters. The molecule has 1 aromatic heterocycles. The minimum absolute atomic E-state index is 0.624. The molecule has 0 saturated carbocycles. The van der Waals surface area contributed by atoms with E-state index in [1.165, 1.54) is 17.5 Å². The van der Waals surface area contributed by atoms with Crippen LogP contribution in [0.25, 0.3) is 0 Å². The number of benzene rings is 1. The fraction of sp³-hybridized carbons (Fsp3) is 0.353. The lowest BCUT2D eigenvalue weighted by atomic mass is 9.98. The summed E-state index contributed by atoms with van der Waals surface area (Å²) in [6, 6.07) is 12.6. The second kappa shape index (κ2) is 6.42. The van der Waals surface area contributed by atoms with Gasteiger partial charge in [-0.3, -0.25) is 0 Å². The standard InChI is InChI=1S/C17H23N3/c1-4-12(2)15-7-5-14(6-8-15)11-19-17-10-9-16(18)13(3)20-17/h5-10,12H,4,11,18H2,1-3H3,(H,19,20). The van der Waals surface area contributed by atoms with E-state index in [2.05, 4.69) is 48.4 Å². The van der Waals surface area contributed by atoms with Gasteiger partial charge in [-0.25, -0.2) is 4.98 Å². The maximum Gasteiger partial charge on any atom is 0.126 e. The van der Waals surface area contributed by atoms with Crippen LogP contribution in [0, 0.1) is 6.92 Å². The summed E-state index contributed by atoms with van der Waals surface area (Å²) in [7, 11) is 0. The molecule has 3 heteroatoms. The first-order valence-electron chi connectivity index (χ1n) is 7.16. The molecule has 1 aromatic carbocycles. The average molecular weight is 269 g/mol. The van der Waals surface area contributed by atoms with Gasteiger partial charge in [0.1, 0.15) is 5.82 Å². The molecule has 0 fully saturated rings. The van der Waals surface area contributed by atoms with Crippen LogP contribution in [0.5, 0.6) is 0 Å².